The first-order valence-electron chi connectivity index (χ1n) is 8.45. The maximum Gasteiger partial charge on any atom is 0.273 e. The van der Waals surface area contributed by atoms with E-state index in [0.717, 1.165) is 21.8 Å². The zero-order chi connectivity index (χ0) is 18.5. The van der Waals surface area contributed by atoms with Gasteiger partial charge in [-0.25, -0.2) is 4.98 Å². The van der Waals surface area contributed by atoms with Gasteiger partial charge in [-0.1, -0.05) is 35.5 Å². The van der Waals surface area contributed by atoms with Crippen molar-refractivity contribution in [2.24, 2.45) is 0 Å². The number of nitrogens with zero attached hydrogens (tertiary/aromatic N) is 3. The van der Waals surface area contributed by atoms with E-state index in [2.05, 4.69) is 20.4 Å². The number of rotatable bonds is 6. The van der Waals surface area contributed by atoms with Crippen molar-refractivity contribution < 1.29 is 9.32 Å². The molecule has 0 atom stereocenters. The number of carbonyl (C=O) groups is 1. The molecule has 0 spiro atoms. The second kappa shape index (κ2) is 7.92. The van der Waals surface area contributed by atoms with Gasteiger partial charge in [0.15, 0.2) is 11.5 Å². The molecule has 27 heavy (non-hydrogen) atoms. The Labute approximate surface area is 159 Å². The van der Waals surface area contributed by atoms with Crippen molar-refractivity contribution in [1.29, 1.82) is 0 Å². The lowest BCUT2D eigenvalue weighted by Crippen LogP contribution is -2.26. The highest BCUT2D eigenvalue weighted by atomic mass is 32.1. The van der Waals surface area contributed by atoms with Crippen LogP contribution in [0.15, 0.2) is 70.8 Å². The maximum atomic E-state index is 12.2. The van der Waals surface area contributed by atoms with E-state index >= 15 is 0 Å². The molecule has 0 unspecified atom stereocenters. The quantitative estimate of drug-likeness (QED) is 0.553. The normalized spacial score (nSPS) is 10.7. The highest BCUT2D eigenvalue weighted by Gasteiger charge is 2.13. The van der Waals surface area contributed by atoms with Gasteiger partial charge in [0.25, 0.3) is 5.91 Å². The van der Waals surface area contributed by atoms with Crippen molar-refractivity contribution in [3.8, 4) is 21.9 Å². The van der Waals surface area contributed by atoms with Crippen LogP contribution in [0.1, 0.15) is 16.2 Å². The van der Waals surface area contributed by atoms with Gasteiger partial charge < -0.3 is 9.84 Å². The van der Waals surface area contributed by atoms with Crippen LogP contribution in [0.3, 0.4) is 0 Å². The summed E-state index contributed by atoms with van der Waals surface area (Å²) in [6.45, 7) is 0.475. The van der Waals surface area contributed by atoms with Gasteiger partial charge in [0.2, 0.25) is 0 Å². The number of aromatic nitrogens is 3. The number of hydrogen-bond donors (Lipinski definition) is 1. The number of carbonyl (C=O) groups excluding carboxylic acids is 1. The molecule has 1 N–H and O–H groups in total. The lowest BCUT2D eigenvalue weighted by Gasteiger charge is -2.00. The summed E-state index contributed by atoms with van der Waals surface area (Å²) < 4.78 is 5.26. The van der Waals surface area contributed by atoms with E-state index in [4.69, 9.17) is 4.52 Å². The second-order valence-electron chi connectivity index (χ2n) is 5.83. The first-order valence-corrected chi connectivity index (χ1v) is 9.33. The molecule has 3 aromatic heterocycles. The minimum atomic E-state index is -0.261. The summed E-state index contributed by atoms with van der Waals surface area (Å²) in [5, 5.41) is 9.63. The van der Waals surface area contributed by atoms with Crippen molar-refractivity contribution in [3.63, 3.8) is 0 Å². The van der Waals surface area contributed by atoms with E-state index in [0.29, 0.717) is 18.7 Å². The van der Waals surface area contributed by atoms with Gasteiger partial charge in [-0.05, 0) is 12.1 Å². The van der Waals surface area contributed by atoms with Gasteiger partial charge in [0.1, 0.15) is 5.01 Å². The van der Waals surface area contributed by atoms with Crippen LogP contribution in [0.5, 0.6) is 0 Å². The lowest BCUT2D eigenvalue weighted by molar-refractivity contribution is 0.0945. The van der Waals surface area contributed by atoms with Crippen molar-refractivity contribution in [1.82, 2.24) is 20.4 Å². The molecule has 6 nitrogen and oxygen atoms in total. The van der Waals surface area contributed by atoms with Crippen LogP contribution in [-0.2, 0) is 6.42 Å². The van der Waals surface area contributed by atoms with Crippen LogP contribution in [0.25, 0.3) is 21.9 Å². The van der Waals surface area contributed by atoms with E-state index in [9.17, 15) is 4.79 Å². The standard InChI is InChI=1S/C20H16N4O2S/c25-19(17-11-18(26-24-17)14-5-2-1-3-6-14)22-10-8-16-13-27-20(23-16)15-7-4-9-21-12-15/h1-7,9,11-13H,8,10H2,(H,22,25). The highest BCUT2D eigenvalue weighted by molar-refractivity contribution is 7.13. The molecule has 1 aromatic carbocycles. The largest absolute Gasteiger partial charge is 0.355 e. The van der Waals surface area contributed by atoms with Gasteiger partial charge >= 0.3 is 0 Å². The van der Waals surface area contributed by atoms with Crippen LogP contribution in [0.2, 0.25) is 0 Å². The fourth-order valence-electron chi connectivity index (χ4n) is 2.56. The fourth-order valence-corrected chi connectivity index (χ4v) is 3.40. The SMILES string of the molecule is O=C(NCCc1csc(-c2cccnc2)n1)c1cc(-c2ccccc2)on1. The molecule has 0 radical (unpaired) electrons. The molecule has 0 saturated heterocycles. The van der Waals surface area contributed by atoms with Crippen molar-refractivity contribution >= 4 is 17.2 Å². The Morgan fingerprint density at radius 1 is 1.11 bits per heavy atom. The predicted molar refractivity (Wildman–Crippen MR) is 103 cm³/mol. The molecular weight excluding hydrogens is 360 g/mol. The second-order valence-corrected chi connectivity index (χ2v) is 6.69. The number of pyridine rings is 1. The van der Waals surface area contributed by atoms with Gasteiger partial charge in [0.05, 0.1) is 5.69 Å². The van der Waals surface area contributed by atoms with E-state index in [1.807, 2.05) is 47.8 Å². The van der Waals surface area contributed by atoms with Crippen LogP contribution in [0, 0.1) is 0 Å². The summed E-state index contributed by atoms with van der Waals surface area (Å²) in [5.74, 6) is 0.310. The molecule has 1 amide bonds. The maximum absolute atomic E-state index is 12.2. The number of hydrogen-bond acceptors (Lipinski definition) is 6. The average molecular weight is 376 g/mol. The Balaban J connectivity index is 1.33. The van der Waals surface area contributed by atoms with Crippen molar-refractivity contribution in [2.45, 2.75) is 6.42 Å². The Morgan fingerprint density at radius 2 is 1.96 bits per heavy atom. The third-order valence-corrected chi connectivity index (χ3v) is 4.87. The molecule has 4 rings (SSSR count). The van der Waals surface area contributed by atoms with Gasteiger partial charge in [-0.15, -0.1) is 11.3 Å². The molecule has 0 aliphatic rings. The topological polar surface area (TPSA) is 80.9 Å². The van der Waals surface area contributed by atoms with Gasteiger partial charge in [-0.2, -0.15) is 0 Å². The smallest absolute Gasteiger partial charge is 0.273 e. The Bertz CT molecular complexity index is 1030. The molecule has 0 bridgehead atoms. The minimum absolute atomic E-state index is 0.261. The molecule has 3 heterocycles. The van der Waals surface area contributed by atoms with Crippen molar-refractivity contribution in [3.05, 3.63) is 77.7 Å². The van der Waals surface area contributed by atoms with E-state index in [1.165, 1.54) is 0 Å². The first-order chi connectivity index (χ1) is 13.3. The number of amides is 1. The van der Waals surface area contributed by atoms with Gasteiger partial charge in [-0.3, -0.25) is 9.78 Å². The summed E-state index contributed by atoms with van der Waals surface area (Å²) in [5.41, 5.74) is 3.08. The summed E-state index contributed by atoms with van der Waals surface area (Å²) in [6.07, 6.45) is 4.17. The van der Waals surface area contributed by atoms with Crippen LogP contribution >= 0.6 is 11.3 Å². The lowest BCUT2D eigenvalue weighted by atomic mass is 10.1. The molecule has 0 aliphatic heterocycles. The third-order valence-electron chi connectivity index (χ3n) is 3.93. The number of nitrogens with one attached hydrogen (secondary N) is 1. The van der Waals surface area contributed by atoms with Crippen molar-refractivity contribution in [2.75, 3.05) is 6.54 Å². The molecule has 0 fully saturated rings. The monoisotopic (exact) mass is 376 g/mol. The average Bonchev–Trinajstić information content (AvgIpc) is 3.39. The molecule has 4 aromatic rings. The molecule has 7 heteroatoms. The van der Waals surface area contributed by atoms with E-state index in [1.54, 1.807) is 29.8 Å². The van der Waals surface area contributed by atoms with E-state index < -0.39 is 0 Å². The zero-order valence-corrected chi connectivity index (χ0v) is 15.1. The number of thiazole rings is 1. The minimum Gasteiger partial charge on any atom is -0.355 e. The van der Waals surface area contributed by atoms with Gasteiger partial charge in [0, 0.05) is 47.9 Å². The Hall–Kier alpha value is -3.32. The third kappa shape index (κ3) is 4.09. The summed E-state index contributed by atoms with van der Waals surface area (Å²) in [6, 6.07) is 15.1. The highest BCUT2D eigenvalue weighted by Crippen LogP contribution is 2.23. The Kier molecular flexibility index (Phi) is 5.02. The molecular formula is C20H16N4O2S. The summed E-state index contributed by atoms with van der Waals surface area (Å²) >= 11 is 1.57. The van der Waals surface area contributed by atoms with Crippen LogP contribution < -0.4 is 5.32 Å². The number of benzene rings is 1. The summed E-state index contributed by atoms with van der Waals surface area (Å²) in [7, 11) is 0. The predicted octanol–water partition coefficient (Wildman–Crippen LogP) is 3.83. The van der Waals surface area contributed by atoms with Crippen LogP contribution in [-0.4, -0.2) is 27.6 Å². The first kappa shape index (κ1) is 17.1. The molecule has 0 saturated carbocycles. The summed E-state index contributed by atoms with van der Waals surface area (Å²) in [4.78, 5) is 20.9. The molecule has 134 valence electrons. The molecule has 0 aliphatic carbocycles. The van der Waals surface area contributed by atoms with Crippen LogP contribution in [0.4, 0.5) is 0 Å². The fraction of sp³-hybridized carbons (Fsp3) is 0.100. The zero-order valence-electron chi connectivity index (χ0n) is 14.3. The van der Waals surface area contributed by atoms with E-state index in [-0.39, 0.29) is 11.6 Å². The Morgan fingerprint density at radius 3 is 2.78 bits per heavy atom.